The quantitative estimate of drug-likeness (QED) is 0.618. The van der Waals surface area contributed by atoms with Crippen LogP contribution in [-0.4, -0.2) is 31.4 Å². The van der Waals surface area contributed by atoms with Gasteiger partial charge in [0.1, 0.15) is 5.75 Å². The van der Waals surface area contributed by atoms with E-state index in [-0.39, 0.29) is 18.8 Å². The van der Waals surface area contributed by atoms with Crippen molar-refractivity contribution in [1.82, 2.24) is 0 Å². The van der Waals surface area contributed by atoms with Crippen molar-refractivity contribution in [1.29, 1.82) is 0 Å². The van der Waals surface area contributed by atoms with Crippen LogP contribution in [0.2, 0.25) is 0 Å². The highest BCUT2D eigenvalue weighted by atomic mass is 16.5. The number of ketones is 1. The normalized spacial score (nSPS) is 10.0. The Morgan fingerprint density at radius 3 is 2.32 bits per heavy atom. The number of amides is 1. The zero-order valence-electron chi connectivity index (χ0n) is 14.1. The Kier molecular flexibility index (Phi) is 6.28. The molecule has 0 aliphatic heterocycles. The number of nitrogens with one attached hydrogen (secondary N) is 1. The molecule has 0 saturated heterocycles. The molecule has 0 heterocycles. The van der Waals surface area contributed by atoms with E-state index >= 15 is 0 Å². The van der Waals surface area contributed by atoms with E-state index in [0.29, 0.717) is 22.6 Å². The van der Waals surface area contributed by atoms with Gasteiger partial charge < -0.3 is 14.8 Å². The number of ether oxygens (including phenoxy) is 2. The van der Waals surface area contributed by atoms with Gasteiger partial charge in [-0.1, -0.05) is 18.2 Å². The first kappa shape index (κ1) is 18.2. The maximum absolute atomic E-state index is 11.9. The molecule has 0 spiro atoms. The molecule has 0 radical (unpaired) electrons. The third kappa shape index (κ3) is 5.46. The van der Waals surface area contributed by atoms with Gasteiger partial charge >= 0.3 is 5.97 Å². The van der Waals surface area contributed by atoms with Crippen LogP contribution >= 0.6 is 0 Å². The van der Waals surface area contributed by atoms with Gasteiger partial charge in [-0.05, 0) is 37.3 Å². The van der Waals surface area contributed by atoms with Gasteiger partial charge in [0.05, 0.1) is 13.5 Å². The number of para-hydroxylation sites is 1. The van der Waals surface area contributed by atoms with E-state index in [1.165, 1.54) is 14.0 Å². The number of esters is 1. The third-order valence-electron chi connectivity index (χ3n) is 3.47. The first-order valence-corrected chi connectivity index (χ1v) is 7.68. The summed E-state index contributed by atoms with van der Waals surface area (Å²) in [7, 11) is 1.52. The highest BCUT2D eigenvalue weighted by Gasteiger charge is 2.12. The van der Waals surface area contributed by atoms with E-state index in [9.17, 15) is 14.4 Å². The third-order valence-corrected chi connectivity index (χ3v) is 3.47. The van der Waals surface area contributed by atoms with Crippen molar-refractivity contribution >= 4 is 23.3 Å². The fourth-order valence-corrected chi connectivity index (χ4v) is 2.19. The molecule has 2 aromatic rings. The maximum Gasteiger partial charge on any atom is 0.310 e. The smallest absolute Gasteiger partial charge is 0.310 e. The van der Waals surface area contributed by atoms with Gasteiger partial charge in [0, 0.05) is 16.8 Å². The van der Waals surface area contributed by atoms with Gasteiger partial charge in [-0.2, -0.15) is 0 Å². The summed E-state index contributed by atoms with van der Waals surface area (Å²) in [5.41, 5.74) is 1.77. The number of hydrogen-bond acceptors (Lipinski definition) is 5. The highest BCUT2D eigenvalue weighted by molar-refractivity contribution is 5.96. The Bertz CT molecular complexity index is 768. The van der Waals surface area contributed by atoms with Crippen LogP contribution in [-0.2, 0) is 20.7 Å². The van der Waals surface area contributed by atoms with Crippen molar-refractivity contribution in [2.45, 2.75) is 13.3 Å². The molecule has 6 nitrogen and oxygen atoms in total. The Hall–Kier alpha value is -3.15. The Morgan fingerprint density at radius 1 is 1.00 bits per heavy atom. The van der Waals surface area contributed by atoms with Crippen molar-refractivity contribution in [2.75, 3.05) is 19.0 Å². The summed E-state index contributed by atoms with van der Waals surface area (Å²) in [6.45, 7) is 1.08. The fourth-order valence-electron chi connectivity index (χ4n) is 2.19. The van der Waals surface area contributed by atoms with Crippen LogP contribution in [0.25, 0.3) is 0 Å². The lowest BCUT2D eigenvalue weighted by molar-refractivity contribution is -0.146. The Balaban J connectivity index is 1.83. The second-order valence-electron chi connectivity index (χ2n) is 5.33. The number of anilines is 1. The van der Waals surface area contributed by atoms with E-state index in [2.05, 4.69) is 5.32 Å². The SMILES string of the molecule is COc1ccccc1CC(=O)OCC(=O)Nc1ccc(C(C)=O)cc1. The maximum atomic E-state index is 11.9. The minimum Gasteiger partial charge on any atom is -0.496 e. The molecule has 2 aromatic carbocycles. The van der Waals surface area contributed by atoms with E-state index in [1.54, 1.807) is 48.5 Å². The van der Waals surface area contributed by atoms with Crippen LogP contribution in [0.5, 0.6) is 5.75 Å². The number of hydrogen-bond donors (Lipinski definition) is 1. The summed E-state index contributed by atoms with van der Waals surface area (Å²) >= 11 is 0. The zero-order chi connectivity index (χ0) is 18.2. The standard InChI is InChI=1S/C19H19NO5/c1-13(21)14-7-9-16(10-8-14)20-18(22)12-25-19(23)11-15-5-3-4-6-17(15)24-2/h3-10H,11-12H2,1-2H3,(H,20,22). The Morgan fingerprint density at radius 2 is 1.68 bits per heavy atom. The number of rotatable bonds is 7. The molecule has 1 amide bonds. The van der Waals surface area contributed by atoms with E-state index < -0.39 is 11.9 Å². The lowest BCUT2D eigenvalue weighted by Gasteiger charge is -2.09. The summed E-state index contributed by atoms with van der Waals surface area (Å²) in [6.07, 6.45) is 0.0185. The largest absolute Gasteiger partial charge is 0.496 e. The first-order chi connectivity index (χ1) is 12.0. The molecular formula is C19H19NO5. The molecular weight excluding hydrogens is 322 g/mol. The average molecular weight is 341 g/mol. The summed E-state index contributed by atoms with van der Waals surface area (Å²) in [5, 5.41) is 2.60. The Labute approximate surface area is 145 Å². The molecule has 0 bridgehead atoms. The second kappa shape index (κ2) is 8.63. The van der Waals surface area contributed by atoms with E-state index in [1.807, 2.05) is 0 Å². The second-order valence-corrected chi connectivity index (χ2v) is 5.33. The number of Topliss-reactive ketones (excluding diaryl/α,β-unsaturated/α-hetero) is 1. The minimum atomic E-state index is -0.522. The highest BCUT2D eigenvalue weighted by Crippen LogP contribution is 2.18. The predicted octanol–water partition coefficient (Wildman–Crippen LogP) is 2.62. The van der Waals surface area contributed by atoms with E-state index in [4.69, 9.17) is 9.47 Å². The van der Waals surface area contributed by atoms with Crippen LogP contribution < -0.4 is 10.1 Å². The molecule has 0 unspecified atom stereocenters. The molecule has 130 valence electrons. The van der Waals surface area contributed by atoms with Gasteiger partial charge in [-0.3, -0.25) is 14.4 Å². The number of methoxy groups -OCH3 is 1. The molecule has 0 saturated carbocycles. The zero-order valence-corrected chi connectivity index (χ0v) is 14.1. The van der Waals surface area contributed by atoms with Crippen LogP contribution in [0.4, 0.5) is 5.69 Å². The molecule has 25 heavy (non-hydrogen) atoms. The van der Waals surface area contributed by atoms with Crippen molar-refractivity contribution < 1.29 is 23.9 Å². The molecule has 0 aromatic heterocycles. The lowest BCUT2D eigenvalue weighted by Crippen LogP contribution is -2.21. The number of carbonyl (C=O) groups is 3. The van der Waals surface area contributed by atoms with Crippen LogP contribution in [0.3, 0.4) is 0 Å². The average Bonchev–Trinajstić information content (AvgIpc) is 2.61. The minimum absolute atomic E-state index is 0.0185. The predicted molar refractivity (Wildman–Crippen MR) is 92.7 cm³/mol. The monoisotopic (exact) mass is 341 g/mol. The summed E-state index contributed by atoms with van der Waals surface area (Å²) in [6, 6.07) is 13.6. The van der Waals surface area contributed by atoms with Gasteiger partial charge in [-0.25, -0.2) is 0 Å². The van der Waals surface area contributed by atoms with Gasteiger partial charge in [0.15, 0.2) is 12.4 Å². The summed E-state index contributed by atoms with van der Waals surface area (Å²) < 4.78 is 10.1. The van der Waals surface area contributed by atoms with Crippen molar-refractivity contribution in [2.24, 2.45) is 0 Å². The molecule has 2 rings (SSSR count). The van der Waals surface area contributed by atoms with Crippen LogP contribution in [0, 0.1) is 0 Å². The molecule has 0 aliphatic rings. The van der Waals surface area contributed by atoms with Crippen LogP contribution in [0.15, 0.2) is 48.5 Å². The topological polar surface area (TPSA) is 81.7 Å². The van der Waals surface area contributed by atoms with E-state index in [0.717, 1.165) is 0 Å². The number of benzene rings is 2. The van der Waals surface area contributed by atoms with Gasteiger partial charge in [0.2, 0.25) is 0 Å². The fraction of sp³-hybridized carbons (Fsp3) is 0.211. The number of carbonyl (C=O) groups excluding carboxylic acids is 3. The van der Waals surface area contributed by atoms with Crippen LogP contribution in [0.1, 0.15) is 22.8 Å². The molecule has 0 aliphatic carbocycles. The molecule has 6 heteroatoms. The van der Waals surface area contributed by atoms with Crippen molar-refractivity contribution in [3.05, 3.63) is 59.7 Å². The van der Waals surface area contributed by atoms with Crippen molar-refractivity contribution in [3.8, 4) is 5.75 Å². The lowest BCUT2D eigenvalue weighted by atomic mass is 10.1. The van der Waals surface area contributed by atoms with Crippen molar-refractivity contribution in [3.63, 3.8) is 0 Å². The van der Waals surface area contributed by atoms with Gasteiger partial charge in [-0.15, -0.1) is 0 Å². The first-order valence-electron chi connectivity index (χ1n) is 7.68. The van der Waals surface area contributed by atoms with Gasteiger partial charge in [0.25, 0.3) is 5.91 Å². The summed E-state index contributed by atoms with van der Waals surface area (Å²) in [4.78, 5) is 34.9. The molecule has 1 N–H and O–H groups in total. The molecule has 0 atom stereocenters. The summed E-state index contributed by atoms with van der Waals surface area (Å²) in [5.74, 6) is -0.437. The molecule has 0 fully saturated rings.